The molecule has 0 aliphatic carbocycles. The number of aromatic nitrogens is 4. The zero-order valence-electron chi connectivity index (χ0n) is 22.3. The van der Waals surface area contributed by atoms with Crippen molar-refractivity contribution in [2.75, 3.05) is 50.0 Å². The standard InChI is InChI=1S/C28H29F2N9O2/c29-17-11-28(5-1-8-39(28)13-17)15-40-27-35-21-10-16(19-2-3-20(30)24-22(19)36-26(32)41-24)12-34-23(21)25(37-27)38-9-7-33-18(14-38)4-6-31/h2-3,10,12,17-18,33H,1,4-5,7-9,11,13-15H2,(H2,32,36)/t17-,18+,28+/m1/s1. The first-order valence-corrected chi connectivity index (χ1v) is 13.8. The number of nitrogens with two attached hydrogens (primary N) is 1. The van der Waals surface area contributed by atoms with Crippen LogP contribution >= 0.6 is 0 Å². The average molecular weight is 562 g/mol. The van der Waals surface area contributed by atoms with E-state index in [1.54, 1.807) is 12.3 Å². The van der Waals surface area contributed by atoms with Crippen LogP contribution in [-0.4, -0.2) is 81.9 Å². The highest BCUT2D eigenvalue weighted by atomic mass is 19.1. The molecule has 212 valence electrons. The van der Waals surface area contributed by atoms with Crippen molar-refractivity contribution in [1.82, 2.24) is 30.2 Å². The summed E-state index contributed by atoms with van der Waals surface area (Å²) < 4.78 is 40.3. The maximum absolute atomic E-state index is 14.4. The van der Waals surface area contributed by atoms with Crippen LogP contribution in [0.3, 0.4) is 0 Å². The molecule has 41 heavy (non-hydrogen) atoms. The molecule has 3 aliphatic heterocycles. The number of halogens is 2. The highest BCUT2D eigenvalue weighted by Gasteiger charge is 2.49. The van der Waals surface area contributed by atoms with Crippen molar-refractivity contribution in [2.24, 2.45) is 0 Å². The van der Waals surface area contributed by atoms with Crippen LogP contribution in [0.15, 0.2) is 28.8 Å². The Morgan fingerprint density at radius 3 is 3.00 bits per heavy atom. The van der Waals surface area contributed by atoms with E-state index in [0.717, 1.165) is 19.4 Å². The van der Waals surface area contributed by atoms with Crippen LogP contribution in [0.2, 0.25) is 0 Å². The van der Waals surface area contributed by atoms with Gasteiger partial charge in [0, 0.05) is 56.0 Å². The molecule has 13 heteroatoms. The molecular weight excluding hydrogens is 532 g/mol. The molecule has 0 unspecified atom stereocenters. The molecule has 0 radical (unpaired) electrons. The second-order valence-electron chi connectivity index (χ2n) is 11.1. The average Bonchev–Trinajstić information content (AvgIpc) is 3.63. The molecule has 1 aromatic carbocycles. The summed E-state index contributed by atoms with van der Waals surface area (Å²) in [7, 11) is 0. The zero-order valence-corrected chi connectivity index (χ0v) is 22.3. The van der Waals surface area contributed by atoms with Crippen LogP contribution in [0.25, 0.3) is 33.3 Å². The Morgan fingerprint density at radius 1 is 1.22 bits per heavy atom. The molecule has 3 fully saturated rings. The molecule has 6 heterocycles. The first-order valence-electron chi connectivity index (χ1n) is 13.8. The van der Waals surface area contributed by atoms with Gasteiger partial charge in [-0.15, -0.1) is 0 Å². The number of oxazole rings is 1. The third kappa shape index (κ3) is 4.57. The lowest BCUT2D eigenvalue weighted by Gasteiger charge is -2.34. The third-order valence-corrected chi connectivity index (χ3v) is 8.44. The molecule has 0 bridgehead atoms. The Bertz CT molecular complexity index is 1670. The number of benzene rings is 1. The van der Waals surface area contributed by atoms with Gasteiger partial charge in [0.05, 0.1) is 23.5 Å². The lowest BCUT2D eigenvalue weighted by molar-refractivity contribution is 0.107. The minimum atomic E-state index is -0.866. The lowest BCUT2D eigenvalue weighted by Crippen LogP contribution is -2.51. The number of hydrogen-bond acceptors (Lipinski definition) is 11. The number of fused-ring (bicyclic) bond motifs is 3. The van der Waals surface area contributed by atoms with E-state index in [9.17, 15) is 14.0 Å². The van der Waals surface area contributed by atoms with Gasteiger partial charge in [-0.3, -0.25) is 9.88 Å². The number of ether oxygens (including phenoxy) is 1. The number of nitrogens with one attached hydrogen (secondary N) is 1. The third-order valence-electron chi connectivity index (χ3n) is 8.44. The van der Waals surface area contributed by atoms with Crippen molar-refractivity contribution >= 4 is 34.0 Å². The van der Waals surface area contributed by atoms with Crippen LogP contribution < -0.4 is 20.7 Å². The van der Waals surface area contributed by atoms with Crippen molar-refractivity contribution in [3.63, 3.8) is 0 Å². The zero-order chi connectivity index (χ0) is 28.1. The summed E-state index contributed by atoms with van der Waals surface area (Å²) in [6, 6.07) is 7.00. The van der Waals surface area contributed by atoms with E-state index in [1.807, 2.05) is 6.07 Å². The van der Waals surface area contributed by atoms with Gasteiger partial charge < -0.3 is 25.1 Å². The van der Waals surface area contributed by atoms with E-state index in [1.165, 1.54) is 6.07 Å². The predicted molar refractivity (Wildman–Crippen MR) is 147 cm³/mol. The highest BCUT2D eigenvalue weighted by molar-refractivity contribution is 5.95. The number of hydrogen-bond donors (Lipinski definition) is 2. The maximum atomic E-state index is 14.4. The number of piperazine rings is 1. The van der Waals surface area contributed by atoms with E-state index < -0.39 is 12.0 Å². The molecule has 3 atom stereocenters. The summed E-state index contributed by atoms with van der Waals surface area (Å²) in [5.41, 5.74) is 7.98. The Morgan fingerprint density at radius 2 is 2.12 bits per heavy atom. The summed E-state index contributed by atoms with van der Waals surface area (Å²) in [5.74, 6) is 0.0434. The molecule has 3 N–H and O–H groups in total. The minimum Gasteiger partial charge on any atom is -0.461 e. The van der Waals surface area contributed by atoms with Crippen LogP contribution in [0.5, 0.6) is 6.01 Å². The van der Waals surface area contributed by atoms with E-state index in [0.29, 0.717) is 79.1 Å². The van der Waals surface area contributed by atoms with Crippen LogP contribution in [0.4, 0.5) is 20.6 Å². The van der Waals surface area contributed by atoms with E-state index in [2.05, 4.69) is 26.2 Å². The van der Waals surface area contributed by atoms with Crippen LogP contribution in [0, 0.1) is 17.1 Å². The van der Waals surface area contributed by atoms with Gasteiger partial charge in [0.25, 0.3) is 6.01 Å². The van der Waals surface area contributed by atoms with E-state index in [-0.39, 0.29) is 29.2 Å². The fraction of sp³-hybridized carbons (Fsp3) is 0.464. The van der Waals surface area contributed by atoms with E-state index >= 15 is 0 Å². The maximum Gasteiger partial charge on any atom is 0.319 e. The Kier molecular flexibility index (Phi) is 6.32. The molecule has 3 saturated heterocycles. The second kappa shape index (κ2) is 10.0. The SMILES string of the molecule is N#CC[C@H]1CN(c2nc(OC[C@@]34CCCN3C[C@H](F)C4)nc3cc(-c4ccc(F)c5oc(N)nc45)cnc23)CCN1. The number of nitrogen functional groups attached to an aromatic ring is 1. The topological polar surface area (TPSA) is 142 Å². The molecule has 0 amide bonds. The van der Waals surface area contributed by atoms with Crippen molar-refractivity contribution in [1.29, 1.82) is 5.26 Å². The van der Waals surface area contributed by atoms with Crippen molar-refractivity contribution in [3.05, 3.63) is 30.2 Å². The summed E-state index contributed by atoms with van der Waals surface area (Å²) >= 11 is 0. The quantitative estimate of drug-likeness (QED) is 0.358. The molecule has 4 aromatic rings. The number of nitrogens with zero attached hydrogens (tertiary/aromatic N) is 7. The fourth-order valence-corrected chi connectivity index (χ4v) is 6.55. The number of rotatable bonds is 6. The van der Waals surface area contributed by atoms with Crippen molar-refractivity contribution < 1.29 is 17.9 Å². The number of nitriles is 1. The van der Waals surface area contributed by atoms with Gasteiger partial charge in [0.1, 0.15) is 23.8 Å². The summed E-state index contributed by atoms with van der Waals surface area (Å²) in [5, 5.41) is 12.6. The number of pyridine rings is 1. The van der Waals surface area contributed by atoms with Crippen LogP contribution in [-0.2, 0) is 0 Å². The van der Waals surface area contributed by atoms with Gasteiger partial charge in [-0.05, 0) is 37.6 Å². The molecular formula is C28H29F2N9O2. The van der Waals surface area contributed by atoms with Crippen LogP contribution in [0.1, 0.15) is 25.7 Å². The predicted octanol–water partition coefficient (Wildman–Crippen LogP) is 3.20. The van der Waals surface area contributed by atoms with E-state index in [4.69, 9.17) is 29.8 Å². The molecule has 3 aromatic heterocycles. The van der Waals surface area contributed by atoms with Crippen molar-refractivity contribution in [3.8, 4) is 23.2 Å². The minimum absolute atomic E-state index is 0.0153. The van der Waals surface area contributed by atoms with Gasteiger partial charge >= 0.3 is 6.01 Å². The van der Waals surface area contributed by atoms with Gasteiger partial charge in [0.2, 0.25) is 0 Å². The molecule has 0 saturated carbocycles. The molecule has 3 aliphatic rings. The molecule has 11 nitrogen and oxygen atoms in total. The largest absolute Gasteiger partial charge is 0.461 e. The number of alkyl halides is 1. The Labute approximate surface area is 234 Å². The van der Waals surface area contributed by atoms with Gasteiger partial charge in [0.15, 0.2) is 17.2 Å². The second-order valence-corrected chi connectivity index (χ2v) is 11.1. The lowest BCUT2D eigenvalue weighted by atomic mass is 9.95. The number of anilines is 2. The van der Waals surface area contributed by atoms with Gasteiger partial charge in [-0.1, -0.05) is 0 Å². The smallest absolute Gasteiger partial charge is 0.319 e. The molecule has 7 rings (SSSR count). The van der Waals surface area contributed by atoms with Crippen molar-refractivity contribution in [2.45, 2.75) is 43.4 Å². The first kappa shape index (κ1) is 25.8. The first-order chi connectivity index (χ1) is 19.9. The Hall–Kier alpha value is -4.15. The fourth-order valence-electron chi connectivity index (χ4n) is 6.55. The summed E-state index contributed by atoms with van der Waals surface area (Å²) in [6.07, 6.45) is 3.48. The molecule has 0 spiro atoms. The normalized spacial score (nSPS) is 24.7. The highest BCUT2D eigenvalue weighted by Crippen LogP contribution is 2.40. The summed E-state index contributed by atoms with van der Waals surface area (Å²) in [4.78, 5) is 22.7. The Balaban J connectivity index is 1.29. The monoisotopic (exact) mass is 561 g/mol. The van der Waals surface area contributed by atoms with Gasteiger partial charge in [-0.25, -0.2) is 8.78 Å². The summed E-state index contributed by atoms with van der Waals surface area (Å²) in [6.45, 7) is 3.50. The van der Waals surface area contributed by atoms with Gasteiger partial charge in [-0.2, -0.15) is 20.2 Å².